The summed E-state index contributed by atoms with van der Waals surface area (Å²) in [6, 6.07) is 10.2. The van der Waals surface area contributed by atoms with Crippen LogP contribution in [0.3, 0.4) is 0 Å². The first-order chi connectivity index (χ1) is 11.6. The van der Waals surface area contributed by atoms with Crippen LogP contribution < -0.4 is 0 Å². The average molecular weight is 333 g/mol. The fourth-order valence-corrected chi connectivity index (χ4v) is 2.77. The van der Waals surface area contributed by atoms with E-state index in [0.29, 0.717) is 39.2 Å². The summed E-state index contributed by atoms with van der Waals surface area (Å²) in [7, 11) is 2.03. The molecule has 1 saturated heterocycles. The van der Waals surface area contributed by atoms with E-state index < -0.39 is 0 Å². The van der Waals surface area contributed by atoms with Gasteiger partial charge in [-0.1, -0.05) is 30.3 Å². The fraction of sp³-hybridized carbons (Fsp3) is 0.556. The number of amides is 2. The highest BCUT2D eigenvalue weighted by molar-refractivity contribution is 5.77. The molecule has 0 bridgehead atoms. The largest absolute Gasteiger partial charge is 0.450 e. The van der Waals surface area contributed by atoms with Crippen molar-refractivity contribution in [2.75, 3.05) is 46.4 Å². The Morgan fingerprint density at radius 3 is 2.33 bits per heavy atom. The summed E-state index contributed by atoms with van der Waals surface area (Å²) in [6.45, 7) is 6.00. The molecule has 1 heterocycles. The van der Waals surface area contributed by atoms with Crippen molar-refractivity contribution < 1.29 is 14.3 Å². The van der Waals surface area contributed by atoms with Crippen molar-refractivity contribution >= 4 is 12.0 Å². The molecule has 1 aromatic carbocycles. The van der Waals surface area contributed by atoms with E-state index >= 15 is 0 Å². The van der Waals surface area contributed by atoms with Gasteiger partial charge in [-0.2, -0.15) is 0 Å². The first-order valence-corrected chi connectivity index (χ1v) is 8.52. The van der Waals surface area contributed by atoms with E-state index in [2.05, 4.69) is 17.0 Å². The molecule has 1 aromatic rings. The Kier molecular flexibility index (Phi) is 7.06. The lowest BCUT2D eigenvalue weighted by molar-refractivity contribution is -0.133. The zero-order valence-corrected chi connectivity index (χ0v) is 14.6. The molecule has 2 rings (SSSR count). The molecule has 0 spiro atoms. The normalized spacial score (nSPS) is 14.8. The maximum atomic E-state index is 12.3. The van der Waals surface area contributed by atoms with Gasteiger partial charge >= 0.3 is 6.09 Å². The van der Waals surface area contributed by atoms with Crippen LogP contribution in [0.1, 0.15) is 18.9 Å². The molecular formula is C18H27N3O3. The second-order valence-electron chi connectivity index (χ2n) is 6.04. The molecule has 0 radical (unpaired) electrons. The van der Waals surface area contributed by atoms with Gasteiger partial charge in [-0.15, -0.1) is 0 Å². The molecule has 1 fully saturated rings. The van der Waals surface area contributed by atoms with Gasteiger partial charge in [-0.05, 0) is 19.5 Å². The van der Waals surface area contributed by atoms with Crippen LogP contribution in [0.15, 0.2) is 30.3 Å². The summed E-state index contributed by atoms with van der Waals surface area (Å²) >= 11 is 0. The number of rotatable bonds is 6. The topological polar surface area (TPSA) is 53.1 Å². The van der Waals surface area contributed by atoms with Crippen molar-refractivity contribution in [2.45, 2.75) is 19.9 Å². The van der Waals surface area contributed by atoms with E-state index in [1.54, 1.807) is 11.8 Å². The summed E-state index contributed by atoms with van der Waals surface area (Å²) < 4.78 is 4.99. The Hall–Kier alpha value is -2.08. The molecule has 6 heteroatoms. The zero-order valence-electron chi connectivity index (χ0n) is 14.6. The van der Waals surface area contributed by atoms with Crippen molar-refractivity contribution in [3.63, 3.8) is 0 Å². The smallest absolute Gasteiger partial charge is 0.409 e. The van der Waals surface area contributed by atoms with Crippen LogP contribution in [0.25, 0.3) is 0 Å². The number of piperazine rings is 1. The van der Waals surface area contributed by atoms with Crippen LogP contribution in [-0.2, 0) is 16.1 Å². The third kappa shape index (κ3) is 5.53. The predicted octanol–water partition coefficient (Wildman–Crippen LogP) is 1.81. The summed E-state index contributed by atoms with van der Waals surface area (Å²) in [5.41, 5.74) is 1.25. The molecule has 0 unspecified atom stereocenters. The summed E-state index contributed by atoms with van der Waals surface area (Å²) in [5, 5.41) is 0. The molecule has 6 nitrogen and oxygen atoms in total. The highest BCUT2D eigenvalue weighted by Gasteiger charge is 2.24. The van der Waals surface area contributed by atoms with E-state index in [0.717, 1.165) is 13.1 Å². The van der Waals surface area contributed by atoms with Gasteiger partial charge in [-0.25, -0.2) is 4.79 Å². The highest BCUT2D eigenvalue weighted by Crippen LogP contribution is 2.07. The van der Waals surface area contributed by atoms with Crippen LogP contribution in [0, 0.1) is 0 Å². The Bertz CT molecular complexity index is 528. The minimum Gasteiger partial charge on any atom is -0.450 e. The van der Waals surface area contributed by atoms with Gasteiger partial charge in [0.25, 0.3) is 0 Å². The second-order valence-corrected chi connectivity index (χ2v) is 6.04. The molecule has 132 valence electrons. The van der Waals surface area contributed by atoms with E-state index in [-0.39, 0.29) is 12.0 Å². The van der Waals surface area contributed by atoms with Crippen molar-refractivity contribution in [2.24, 2.45) is 0 Å². The molecular weight excluding hydrogens is 306 g/mol. The van der Waals surface area contributed by atoms with Crippen molar-refractivity contribution in [3.05, 3.63) is 35.9 Å². The third-order valence-electron chi connectivity index (χ3n) is 4.16. The summed E-state index contributed by atoms with van der Waals surface area (Å²) in [5.74, 6) is 0.151. The molecule has 24 heavy (non-hydrogen) atoms. The summed E-state index contributed by atoms with van der Waals surface area (Å²) in [4.78, 5) is 29.6. The first kappa shape index (κ1) is 18.3. The number of nitrogens with zero attached hydrogens (tertiary/aromatic N) is 3. The van der Waals surface area contributed by atoms with E-state index in [4.69, 9.17) is 4.74 Å². The van der Waals surface area contributed by atoms with Crippen LogP contribution in [-0.4, -0.2) is 73.1 Å². The predicted molar refractivity (Wildman–Crippen MR) is 92.6 cm³/mol. The van der Waals surface area contributed by atoms with Gasteiger partial charge in [0.1, 0.15) is 0 Å². The van der Waals surface area contributed by atoms with Gasteiger partial charge in [-0.3, -0.25) is 4.79 Å². The highest BCUT2D eigenvalue weighted by atomic mass is 16.6. The van der Waals surface area contributed by atoms with Gasteiger partial charge in [0.15, 0.2) is 0 Å². The van der Waals surface area contributed by atoms with Gasteiger partial charge in [0.05, 0.1) is 6.61 Å². The molecule has 0 aliphatic carbocycles. The molecule has 1 aliphatic heterocycles. The molecule has 1 aliphatic rings. The van der Waals surface area contributed by atoms with E-state index in [9.17, 15) is 9.59 Å². The van der Waals surface area contributed by atoms with Gasteiger partial charge < -0.3 is 19.4 Å². The number of hydrogen-bond acceptors (Lipinski definition) is 4. The number of carbonyl (C=O) groups excluding carboxylic acids is 2. The fourth-order valence-electron chi connectivity index (χ4n) is 2.77. The molecule has 0 aromatic heterocycles. The Morgan fingerprint density at radius 1 is 1.08 bits per heavy atom. The standard InChI is InChI=1S/C18H27N3O3/c1-3-24-18(23)21-13-11-20(12-14-21)17(22)9-10-19(2)15-16-7-5-4-6-8-16/h4-8H,3,9-15H2,1-2H3. The lowest BCUT2D eigenvalue weighted by Gasteiger charge is -2.34. The van der Waals surface area contributed by atoms with Crippen molar-refractivity contribution in [3.8, 4) is 0 Å². The van der Waals surface area contributed by atoms with Crippen molar-refractivity contribution in [1.82, 2.24) is 14.7 Å². The Labute approximate surface area is 144 Å². The minimum atomic E-state index is -0.285. The van der Waals surface area contributed by atoms with E-state index in [1.165, 1.54) is 5.56 Å². The quantitative estimate of drug-likeness (QED) is 0.797. The van der Waals surface area contributed by atoms with Crippen LogP contribution in [0.5, 0.6) is 0 Å². The van der Waals surface area contributed by atoms with Gasteiger partial charge in [0, 0.05) is 45.7 Å². The van der Waals surface area contributed by atoms with E-state index in [1.807, 2.05) is 30.1 Å². The summed E-state index contributed by atoms with van der Waals surface area (Å²) in [6.07, 6.45) is 0.218. The zero-order chi connectivity index (χ0) is 17.4. The lowest BCUT2D eigenvalue weighted by Crippen LogP contribution is -2.51. The number of hydrogen-bond donors (Lipinski definition) is 0. The minimum absolute atomic E-state index is 0.151. The van der Waals surface area contributed by atoms with Gasteiger partial charge in [0.2, 0.25) is 5.91 Å². The maximum Gasteiger partial charge on any atom is 0.409 e. The number of ether oxygens (including phenoxy) is 1. The second kappa shape index (κ2) is 9.27. The average Bonchev–Trinajstić information content (AvgIpc) is 2.61. The van der Waals surface area contributed by atoms with Crippen LogP contribution in [0.2, 0.25) is 0 Å². The van der Waals surface area contributed by atoms with Crippen LogP contribution in [0.4, 0.5) is 4.79 Å². The SMILES string of the molecule is CCOC(=O)N1CCN(C(=O)CCN(C)Cc2ccccc2)CC1. The van der Waals surface area contributed by atoms with Crippen molar-refractivity contribution in [1.29, 1.82) is 0 Å². The first-order valence-electron chi connectivity index (χ1n) is 8.52. The molecule has 2 amide bonds. The molecule has 0 atom stereocenters. The lowest BCUT2D eigenvalue weighted by atomic mass is 10.2. The third-order valence-corrected chi connectivity index (χ3v) is 4.16. The maximum absolute atomic E-state index is 12.3. The Morgan fingerprint density at radius 2 is 1.71 bits per heavy atom. The molecule has 0 N–H and O–H groups in total. The van der Waals surface area contributed by atoms with Crippen LogP contribution >= 0.6 is 0 Å². The monoisotopic (exact) mass is 333 g/mol. The number of benzene rings is 1. The molecule has 0 saturated carbocycles. The number of carbonyl (C=O) groups is 2. The Balaban J connectivity index is 1.69.